The van der Waals surface area contributed by atoms with Gasteiger partial charge >= 0.3 is 0 Å². The van der Waals surface area contributed by atoms with Crippen LogP contribution in [0.4, 0.5) is 0 Å². The molecular weight excluding hydrogens is 190 g/mol. The number of rotatable bonds is 4. The van der Waals surface area contributed by atoms with Crippen molar-refractivity contribution in [1.82, 2.24) is 0 Å². The minimum Gasteiger partial charge on any atom is -0.491 e. The fraction of sp³-hybridized carbons (Fsp3) is 0.417. The highest BCUT2D eigenvalue weighted by Crippen LogP contribution is 2.19. The molecule has 1 atom stereocenters. The molecule has 3 heteroatoms. The lowest BCUT2D eigenvalue weighted by Crippen LogP contribution is -2.16. The maximum absolute atomic E-state index is 9.35. The van der Waals surface area contributed by atoms with Crippen LogP contribution in [0.25, 0.3) is 0 Å². The number of aliphatic hydroxyl groups excluding tert-OH is 1. The molecule has 1 aromatic carbocycles. The van der Waals surface area contributed by atoms with Crippen LogP contribution >= 0.6 is 0 Å². The van der Waals surface area contributed by atoms with Gasteiger partial charge < -0.3 is 9.84 Å². The Morgan fingerprint density at radius 2 is 2.27 bits per heavy atom. The Kier molecular flexibility index (Phi) is 4.14. The van der Waals surface area contributed by atoms with Gasteiger partial charge in [0.2, 0.25) is 0 Å². The SMILES string of the molecule is CCC(O)COc1cc(C#N)ccc1C. The molecule has 1 rings (SSSR count). The average Bonchev–Trinajstić information content (AvgIpc) is 2.27. The van der Waals surface area contributed by atoms with Crippen LogP contribution in [0, 0.1) is 18.3 Å². The Bertz CT molecular complexity index is 368. The second kappa shape index (κ2) is 5.38. The summed E-state index contributed by atoms with van der Waals surface area (Å²) in [5.41, 5.74) is 1.54. The van der Waals surface area contributed by atoms with Crippen LogP contribution in [0.5, 0.6) is 5.75 Å². The Balaban J connectivity index is 2.72. The molecule has 0 aromatic heterocycles. The summed E-state index contributed by atoms with van der Waals surface area (Å²) in [4.78, 5) is 0. The predicted molar refractivity (Wildman–Crippen MR) is 57.7 cm³/mol. The van der Waals surface area contributed by atoms with E-state index in [1.807, 2.05) is 19.9 Å². The van der Waals surface area contributed by atoms with Crippen molar-refractivity contribution in [3.8, 4) is 11.8 Å². The first-order valence-corrected chi connectivity index (χ1v) is 4.99. The lowest BCUT2D eigenvalue weighted by molar-refractivity contribution is 0.104. The second-order valence-electron chi connectivity index (χ2n) is 3.47. The van der Waals surface area contributed by atoms with Crippen molar-refractivity contribution in [2.75, 3.05) is 6.61 Å². The maximum Gasteiger partial charge on any atom is 0.123 e. The van der Waals surface area contributed by atoms with E-state index in [4.69, 9.17) is 10.00 Å². The number of aliphatic hydroxyl groups is 1. The van der Waals surface area contributed by atoms with Gasteiger partial charge in [-0.1, -0.05) is 13.0 Å². The number of hydrogen-bond acceptors (Lipinski definition) is 3. The molecule has 0 saturated carbocycles. The molecule has 0 aliphatic carbocycles. The average molecular weight is 205 g/mol. The van der Waals surface area contributed by atoms with Gasteiger partial charge in [-0.3, -0.25) is 0 Å². The molecule has 0 bridgehead atoms. The molecule has 0 amide bonds. The zero-order chi connectivity index (χ0) is 11.3. The van der Waals surface area contributed by atoms with Gasteiger partial charge in [0.15, 0.2) is 0 Å². The summed E-state index contributed by atoms with van der Waals surface area (Å²) in [6, 6.07) is 7.33. The van der Waals surface area contributed by atoms with Gasteiger partial charge in [-0.15, -0.1) is 0 Å². The van der Waals surface area contributed by atoms with E-state index in [-0.39, 0.29) is 6.61 Å². The van der Waals surface area contributed by atoms with Crippen molar-refractivity contribution in [2.45, 2.75) is 26.4 Å². The van der Waals surface area contributed by atoms with Crippen LogP contribution in [0.3, 0.4) is 0 Å². The van der Waals surface area contributed by atoms with Crippen molar-refractivity contribution in [3.05, 3.63) is 29.3 Å². The predicted octanol–water partition coefficient (Wildman–Crippen LogP) is 2.02. The summed E-state index contributed by atoms with van der Waals surface area (Å²) < 4.78 is 5.43. The monoisotopic (exact) mass is 205 g/mol. The summed E-state index contributed by atoms with van der Waals surface area (Å²) in [5, 5.41) is 18.1. The minimum absolute atomic E-state index is 0.270. The molecule has 80 valence electrons. The first kappa shape index (κ1) is 11.5. The zero-order valence-electron chi connectivity index (χ0n) is 9.03. The van der Waals surface area contributed by atoms with Gasteiger partial charge in [-0.25, -0.2) is 0 Å². The lowest BCUT2D eigenvalue weighted by atomic mass is 10.1. The first-order chi connectivity index (χ1) is 7.17. The van der Waals surface area contributed by atoms with Crippen LogP contribution in [0.15, 0.2) is 18.2 Å². The largest absolute Gasteiger partial charge is 0.491 e. The highest BCUT2D eigenvalue weighted by molar-refractivity contribution is 5.41. The standard InChI is InChI=1S/C12H15NO2/c1-3-11(14)8-15-12-6-10(7-13)5-4-9(12)2/h4-6,11,14H,3,8H2,1-2H3. The van der Waals surface area contributed by atoms with E-state index < -0.39 is 6.10 Å². The van der Waals surface area contributed by atoms with Crippen LogP contribution in [0.2, 0.25) is 0 Å². The Morgan fingerprint density at radius 3 is 2.87 bits per heavy atom. The highest BCUT2D eigenvalue weighted by Gasteiger charge is 2.05. The van der Waals surface area contributed by atoms with E-state index in [0.717, 1.165) is 5.56 Å². The quantitative estimate of drug-likeness (QED) is 0.818. The fourth-order valence-corrected chi connectivity index (χ4v) is 1.13. The molecule has 0 spiro atoms. The molecule has 0 saturated heterocycles. The van der Waals surface area contributed by atoms with Crippen LogP contribution in [-0.2, 0) is 0 Å². The summed E-state index contributed by atoms with van der Waals surface area (Å²) in [6.45, 7) is 4.08. The Hall–Kier alpha value is -1.53. The topological polar surface area (TPSA) is 53.2 Å². The van der Waals surface area contributed by atoms with Crippen molar-refractivity contribution in [3.63, 3.8) is 0 Å². The molecule has 0 fully saturated rings. The lowest BCUT2D eigenvalue weighted by Gasteiger charge is -2.12. The van der Waals surface area contributed by atoms with E-state index in [9.17, 15) is 5.11 Å². The van der Waals surface area contributed by atoms with E-state index in [2.05, 4.69) is 6.07 Å². The van der Waals surface area contributed by atoms with E-state index in [1.165, 1.54) is 0 Å². The second-order valence-corrected chi connectivity index (χ2v) is 3.47. The molecule has 15 heavy (non-hydrogen) atoms. The zero-order valence-corrected chi connectivity index (χ0v) is 9.03. The van der Waals surface area contributed by atoms with Gasteiger partial charge in [-0.05, 0) is 31.0 Å². The Morgan fingerprint density at radius 1 is 1.53 bits per heavy atom. The smallest absolute Gasteiger partial charge is 0.123 e. The number of nitriles is 1. The van der Waals surface area contributed by atoms with E-state index >= 15 is 0 Å². The molecule has 0 aliphatic rings. The molecule has 1 N–H and O–H groups in total. The molecule has 0 aliphatic heterocycles. The van der Waals surface area contributed by atoms with Gasteiger partial charge in [0.1, 0.15) is 12.4 Å². The van der Waals surface area contributed by atoms with Gasteiger partial charge in [0.05, 0.1) is 17.7 Å². The fourth-order valence-electron chi connectivity index (χ4n) is 1.13. The van der Waals surface area contributed by atoms with Gasteiger partial charge in [0, 0.05) is 0 Å². The first-order valence-electron chi connectivity index (χ1n) is 4.99. The summed E-state index contributed by atoms with van der Waals surface area (Å²) in [6.07, 6.45) is 0.215. The molecule has 1 unspecified atom stereocenters. The van der Waals surface area contributed by atoms with Crippen LogP contribution < -0.4 is 4.74 Å². The van der Waals surface area contributed by atoms with Crippen LogP contribution in [0.1, 0.15) is 24.5 Å². The van der Waals surface area contributed by atoms with Gasteiger partial charge in [-0.2, -0.15) is 5.26 Å². The van der Waals surface area contributed by atoms with Crippen molar-refractivity contribution < 1.29 is 9.84 Å². The van der Waals surface area contributed by atoms with E-state index in [0.29, 0.717) is 17.7 Å². The third-order valence-electron chi connectivity index (χ3n) is 2.22. The minimum atomic E-state index is -0.449. The van der Waals surface area contributed by atoms with Crippen molar-refractivity contribution in [1.29, 1.82) is 5.26 Å². The highest BCUT2D eigenvalue weighted by atomic mass is 16.5. The molecular formula is C12H15NO2. The molecule has 3 nitrogen and oxygen atoms in total. The summed E-state index contributed by atoms with van der Waals surface area (Å²) >= 11 is 0. The van der Waals surface area contributed by atoms with Gasteiger partial charge in [0.25, 0.3) is 0 Å². The van der Waals surface area contributed by atoms with Crippen molar-refractivity contribution >= 4 is 0 Å². The third kappa shape index (κ3) is 3.26. The normalized spacial score (nSPS) is 11.9. The number of nitrogens with zero attached hydrogens (tertiary/aromatic N) is 1. The number of hydrogen-bond donors (Lipinski definition) is 1. The molecule has 0 radical (unpaired) electrons. The third-order valence-corrected chi connectivity index (χ3v) is 2.22. The molecule has 0 heterocycles. The van der Waals surface area contributed by atoms with Crippen LogP contribution in [-0.4, -0.2) is 17.8 Å². The number of benzene rings is 1. The number of ether oxygens (including phenoxy) is 1. The molecule has 1 aromatic rings. The Labute approximate surface area is 89.9 Å². The number of aryl methyl sites for hydroxylation is 1. The summed E-state index contributed by atoms with van der Waals surface area (Å²) in [7, 11) is 0. The summed E-state index contributed by atoms with van der Waals surface area (Å²) in [5.74, 6) is 0.668. The van der Waals surface area contributed by atoms with E-state index in [1.54, 1.807) is 12.1 Å². The van der Waals surface area contributed by atoms with Crippen molar-refractivity contribution in [2.24, 2.45) is 0 Å². The maximum atomic E-state index is 9.35.